The van der Waals surface area contributed by atoms with Crippen LogP contribution in [-0.4, -0.2) is 56.4 Å². The fourth-order valence-electron chi connectivity index (χ4n) is 3.44. The van der Waals surface area contributed by atoms with Gasteiger partial charge >= 0.3 is 0 Å². The van der Waals surface area contributed by atoms with Crippen LogP contribution >= 0.6 is 11.3 Å². The van der Waals surface area contributed by atoms with Gasteiger partial charge in [-0.2, -0.15) is 4.31 Å². The molecule has 0 unspecified atom stereocenters. The molecule has 7 nitrogen and oxygen atoms in total. The third-order valence-corrected chi connectivity index (χ3v) is 8.01. The van der Waals surface area contributed by atoms with E-state index < -0.39 is 10.0 Å². The van der Waals surface area contributed by atoms with Gasteiger partial charge in [0.2, 0.25) is 10.0 Å². The number of furan rings is 1. The number of hydrogen-bond donors (Lipinski definition) is 0. The van der Waals surface area contributed by atoms with E-state index >= 15 is 0 Å². The van der Waals surface area contributed by atoms with E-state index in [1.165, 1.54) is 21.3 Å². The van der Waals surface area contributed by atoms with Crippen LogP contribution in [-0.2, 0) is 27.7 Å². The van der Waals surface area contributed by atoms with Gasteiger partial charge in [-0.25, -0.2) is 8.42 Å². The summed E-state index contributed by atoms with van der Waals surface area (Å²) in [4.78, 5) is 16.4. The van der Waals surface area contributed by atoms with Crippen LogP contribution in [0.1, 0.15) is 20.8 Å². The molecule has 1 aliphatic heterocycles. The SMILES string of the molecule is O=C(c1ccc(S(=O)(=O)N2CCOCC2)cc1)N(CCc1cccs1)Cc1ccoc1. The molecule has 0 saturated carbocycles. The first kappa shape index (κ1) is 21.8. The number of carbonyl (C=O) groups is 1. The van der Waals surface area contributed by atoms with Gasteiger partial charge in [0.25, 0.3) is 5.91 Å². The summed E-state index contributed by atoms with van der Waals surface area (Å²) in [5.74, 6) is -0.145. The fourth-order valence-corrected chi connectivity index (χ4v) is 5.55. The van der Waals surface area contributed by atoms with Crippen LogP contribution in [0.3, 0.4) is 0 Å². The van der Waals surface area contributed by atoms with E-state index in [1.54, 1.807) is 40.9 Å². The molecule has 3 heterocycles. The Balaban J connectivity index is 1.50. The highest BCUT2D eigenvalue weighted by Crippen LogP contribution is 2.20. The van der Waals surface area contributed by atoms with Crippen molar-refractivity contribution < 1.29 is 22.4 Å². The van der Waals surface area contributed by atoms with Crippen LogP contribution in [0.2, 0.25) is 0 Å². The van der Waals surface area contributed by atoms with E-state index in [0.717, 1.165) is 12.0 Å². The van der Waals surface area contributed by atoms with Crippen LogP contribution in [0.25, 0.3) is 0 Å². The number of morpholine rings is 1. The summed E-state index contributed by atoms with van der Waals surface area (Å²) in [6, 6.07) is 12.1. The van der Waals surface area contributed by atoms with E-state index in [2.05, 4.69) is 6.07 Å². The monoisotopic (exact) mass is 460 g/mol. The van der Waals surface area contributed by atoms with E-state index in [1.807, 2.05) is 17.5 Å². The topological polar surface area (TPSA) is 80.1 Å². The average molecular weight is 461 g/mol. The highest BCUT2D eigenvalue weighted by molar-refractivity contribution is 7.89. The second-order valence-corrected chi connectivity index (χ2v) is 10.2. The third-order valence-electron chi connectivity index (χ3n) is 5.16. The lowest BCUT2D eigenvalue weighted by Crippen LogP contribution is -2.40. The maximum atomic E-state index is 13.2. The summed E-state index contributed by atoms with van der Waals surface area (Å²) >= 11 is 1.66. The molecule has 31 heavy (non-hydrogen) atoms. The zero-order valence-corrected chi connectivity index (χ0v) is 18.6. The summed E-state index contributed by atoms with van der Waals surface area (Å²) < 4.78 is 37.4. The standard InChI is InChI=1S/C22H24N2O5S2/c25-22(23(16-18-8-12-29-17-18)9-7-20-2-1-15-30-20)19-3-5-21(6-4-19)31(26,27)24-10-13-28-14-11-24/h1-6,8,12,15,17H,7,9-11,13-14,16H2. The second-order valence-electron chi connectivity index (χ2n) is 7.23. The van der Waals surface area contributed by atoms with E-state index in [0.29, 0.717) is 45.0 Å². The van der Waals surface area contributed by atoms with E-state index in [9.17, 15) is 13.2 Å². The Morgan fingerprint density at radius 3 is 2.52 bits per heavy atom. The van der Waals surface area contributed by atoms with Crippen molar-refractivity contribution in [1.29, 1.82) is 0 Å². The van der Waals surface area contributed by atoms with Crippen molar-refractivity contribution in [2.45, 2.75) is 17.9 Å². The number of hydrogen-bond acceptors (Lipinski definition) is 6. The molecule has 1 amide bonds. The molecular weight excluding hydrogens is 436 g/mol. The Hall–Kier alpha value is -2.46. The number of thiophene rings is 1. The van der Waals surface area contributed by atoms with E-state index in [-0.39, 0.29) is 10.8 Å². The van der Waals surface area contributed by atoms with Crippen molar-refractivity contribution in [2.75, 3.05) is 32.8 Å². The molecule has 9 heteroatoms. The molecule has 2 aromatic heterocycles. The number of amides is 1. The fraction of sp³-hybridized carbons (Fsp3) is 0.318. The maximum absolute atomic E-state index is 13.2. The molecule has 1 fully saturated rings. The first-order valence-corrected chi connectivity index (χ1v) is 12.4. The van der Waals surface area contributed by atoms with Gasteiger partial charge in [-0.15, -0.1) is 11.3 Å². The summed E-state index contributed by atoms with van der Waals surface area (Å²) in [6.45, 7) is 2.44. The molecular formula is C22H24N2O5S2. The molecule has 1 aliphatic rings. The van der Waals surface area contributed by atoms with Crippen LogP contribution in [0.5, 0.6) is 0 Å². The Bertz CT molecular complexity index is 1070. The number of rotatable bonds is 8. The minimum absolute atomic E-state index is 0.145. The van der Waals surface area contributed by atoms with E-state index in [4.69, 9.17) is 9.15 Å². The summed E-state index contributed by atoms with van der Waals surface area (Å²) in [7, 11) is -3.59. The number of sulfonamides is 1. The highest BCUT2D eigenvalue weighted by Gasteiger charge is 2.26. The van der Waals surface area contributed by atoms with Gasteiger partial charge in [-0.3, -0.25) is 4.79 Å². The maximum Gasteiger partial charge on any atom is 0.254 e. The third kappa shape index (κ3) is 5.24. The lowest BCUT2D eigenvalue weighted by Gasteiger charge is -2.26. The first-order chi connectivity index (χ1) is 15.0. The Morgan fingerprint density at radius 2 is 1.87 bits per heavy atom. The summed E-state index contributed by atoms with van der Waals surface area (Å²) in [5.41, 5.74) is 1.36. The zero-order chi connectivity index (χ0) is 21.7. The zero-order valence-electron chi connectivity index (χ0n) is 17.0. The number of carbonyl (C=O) groups excluding carboxylic acids is 1. The lowest BCUT2D eigenvalue weighted by molar-refractivity contribution is 0.0730. The molecule has 4 rings (SSSR count). The molecule has 0 bridgehead atoms. The van der Waals surface area contributed by atoms with Crippen molar-refractivity contribution in [3.63, 3.8) is 0 Å². The Kier molecular flexibility index (Phi) is 6.86. The predicted octanol–water partition coefficient (Wildman–Crippen LogP) is 3.25. The second kappa shape index (κ2) is 9.78. The molecule has 1 saturated heterocycles. The molecule has 0 atom stereocenters. The number of ether oxygens (including phenoxy) is 1. The van der Waals surface area contributed by atoms with Gasteiger partial charge in [-0.05, 0) is 48.2 Å². The van der Waals surface area contributed by atoms with Crippen molar-refractivity contribution in [3.05, 3.63) is 76.4 Å². The summed E-state index contributed by atoms with van der Waals surface area (Å²) in [6.07, 6.45) is 3.97. The Morgan fingerprint density at radius 1 is 1.10 bits per heavy atom. The molecule has 0 aliphatic carbocycles. The highest BCUT2D eigenvalue weighted by atomic mass is 32.2. The smallest absolute Gasteiger partial charge is 0.254 e. The predicted molar refractivity (Wildman–Crippen MR) is 117 cm³/mol. The lowest BCUT2D eigenvalue weighted by atomic mass is 10.1. The van der Waals surface area contributed by atoms with Crippen molar-refractivity contribution in [2.24, 2.45) is 0 Å². The average Bonchev–Trinajstić information content (AvgIpc) is 3.51. The molecule has 0 spiro atoms. The quantitative estimate of drug-likeness (QED) is 0.516. The Labute approximate surface area is 185 Å². The van der Waals surface area contributed by atoms with Crippen molar-refractivity contribution in [1.82, 2.24) is 9.21 Å². The van der Waals surface area contributed by atoms with Gasteiger partial charge < -0.3 is 14.1 Å². The van der Waals surface area contributed by atoms with Gasteiger partial charge in [0.05, 0.1) is 30.6 Å². The minimum Gasteiger partial charge on any atom is -0.472 e. The molecule has 164 valence electrons. The van der Waals surface area contributed by atoms with Crippen molar-refractivity contribution >= 4 is 27.3 Å². The van der Waals surface area contributed by atoms with Gasteiger partial charge in [0, 0.05) is 42.2 Å². The molecule has 0 N–H and O–H groups in total. The van der Waals surface area contributed by atoms with Crippen LogP contribution in [0.4, 0.5) is 0 Å². The largest absolute Gasteiger partial charge is 0.472 e. The normalized spacial score (nSPS) is 15.1. The van der Waals surface area contributed by atoms with Gasteiger partial charge in [0.1, 0.15) is 0 Å². The van der Waals surface area contributed by atoms with Gasteiger partial charge in [-0.1, -0.05) is 6.07 Å². The minimum atomic E-state index is -3.59. The summed E-state index contributed by atoms with van der Waals surface area (Å²) in [5, 5.41) is 2.02. The number of benzene rings is 1. The first-order valence-electron chi connectivity index (χ1n) is 10.0. The molecule has 1 aromatic carbocycles. The van der Waals surface area contributed by atoms with Crippen molar-refractivity contribution in [3.8, 4) is 0 Å². The van der Waals surface area contributed by atoms with Crippen LogP contribution in [0.15, 0.2) is 69.7 Å². The number of nitrogens with zero attached hydrogens (tertiary/aromatic N) is 2. The van der Waals surface area contributed by atoms with Crippen LogP contribution < -0.4 is 0 Å². The van der Waals surface area contributed by atoms with Gasteiger partial charge in [0.15, 0.2) is 0 Å². The van der Waals surface area contributed by atoms with Crippen LogP contribution in [0, 0.1) is 0 Å². The molecule has 3 aromatic rings. The molecule has 0 radical (unpaired) electrons.